The number of ether oxygens (including phenoxy) is 1. The van der Waals surface area contributed by atoms with Gasteiger partial charge in [-0.25, -0.2) is 10.2 Å². The van der Waals surface area contributed by atoms with Crippen molar-refractivity contribution >= 4 is 52.9 Å². The Hall–Kier alpha value is -3.68. The molecular weight excluding hydrogens is 441 g/mol. The number of hydrogen-bond donors (Lipinski definition) is 2. The number of hydrogen-bond acceptors (Lipinski definition) is 5. The van der Waals surface area contributed by atoms with Crippen LogP contribution in [-0.4, -0.2) is 24.0 Å². The SMILES string of the molecule is O=C(NN=Cc1ccc(OC(=O)c2ccc(Cl)cc2)cc1)C(=O)Nc1ccccc1Cl. The van der Waals surface area contributed by atoms with Crippen molar-refractivity contribution in [1.29, 1.82) is 0 Å². The molecule has 0 fully saturated rings. The van der Waals surface area contributed by atoms with Gasteiger partial charge in [0.1, 0.15) is 5.75 Å². The number of para-hydroxylation sites is 1. The molecule has 0 spiro atoms. The van der Waals surface area contributed by atoms with Crippen LogP contribution in [0.4, 0.5) is 5.69 Å². The van der Waals surface area contributed by atoms with Gasteiger partial charge in [-0.2, -0.15) is 5.10 Å². The van der Waals surface area contributed by atoms with Gasteiger partial charge < -0.3 is 10.1 Å². The van der Waals surface area contributed by atoms with Crippen LogP contribution in [0.2, 0.25) is 10.0 Å². The molecule has 0 aromatic heterocycles. The third kappa shape index (κ3) is 6.40. The zero-order valence-corrected chi connectivity index (χ0v) is 17.4. The van der Waals surface area contributed by atoms with Crippen LogP contribution in [0, 0.1) is 0 Å². The van der Waals surface area contributed by atoms with Gasteiger partial charge in [-0.05, 0) is 66.2 Å². The normalized spacial score (nSPS) is 10.5. The Bertz CT molecular complexity index is 1130. The van der Waals surface area contributed by atoms with Crippen LogP contribution in [0.1, 0.15) is 15.9 Å². The second kappa shape index (κ2) is 10.4. The van der Waals surface area contributed by atoms with E-state index in [-0.39, 0.29) is 0 Å². The number of nitrogens with one attached hydrogen (secondary N) is 2. The summed E-state index contributed by atoms with van der Waals surface area (Å²) in [6.07, 6.45) is 1.34. The first-order chi connectivity index (χ1) is 14.9. The summed E-state index contributed by atoms with van der Waals surface area (Å²) in [5.41, 5.74) is 3.42. The summed E-state index contributed by atoms with van der Waals surface area (Å²) in [5.74, 6) is -2.05. The molecule has 0 saturated carbocycles. The Labute approximate surface area is 187 Å². The van der Waals surface area contributed by atoms with Gasteiger partial charge in [0.2, 0.25) is 0 Å². The van der Waals surface area contributed by atoms with Crippen LogP contribution in [0.25, 0.3) is 0 Å². The first-order valence-electron chi connectivity index (χ1n) is 8.89. The van der Waals surface area contributed by atoms with Crippen LogP contribution in [0.15, 0.2) is 77.9 Å². The Morgan fingerprint density at radius 3 is 2.19 bits per heavy atom. The highest BCUT2D eigenvalue weighted by Crippen LogP contribution is 2.20. The molecule has 0 bridgehead atoms. The van der Waals surface area contributed by atoms with Crippen molar-refractivity contribution in [3.8, 4) is 5.75 Å². The molecule has 0 aliphatic rings. The summed E-state index contributed by atoms with van der Waals surface area (Å²) in [6.45, 7) is 0. The molecule has 3 rings (SSSR count). The summed E-state index contributed by atoms with van der Waals surface area (Å²) >= 11 is 11.7. The molecular formula is C22H15Cl2N3O4. The Kier molecular flexibility index (Phi) is 7.37. The van der Waals surface area contributed by atoms with Gasteiger partial charge in [0.15, 0.2) is 0 Å². The maximum Gasteiger partial charge on any atom is 0.343 e. The zero-order valence-electron chi connectivity index (χ0n) is 15.8. The van der Waals surface area contributed by atoms with Crippen LogP contribution >= 0.6 is 23.2 Å². The number of carbonyl (C=O) groups is 3. The van der Waals surface area contributed by atoms with Crippen molar-refractivity contribution in [3.63, 3.8) is 0 Å². The van der Waals surface area contributed by atoms with E-state index in [1.807, 2.05) is 0 Å². The minimum absolute atomic E-state index is 0.309. The minimum Gasteiger partial charge on any atom is -0.423 e. The smallest absolute Gasteiger partial charge is 0.343 e. The van der Waals surface area contributed by atoms with E-state index in [9.17, 15) is 14.4 Å². The van der Waals surface area contributed by atoms with Crippen molar-refractivity contribution in [1.82, 2.24) is 5.43 Å². The molecule has 0 heterocycles. The topological polar surface area (TPSA) is 96.9 Å². The molecule has 0 radical (unpaired) electrons. The number of nitrogens with zero attached hydrogens (tertiary/aromatic N) is 1. The van der Waals surface area contributed by atoms with E-state index in [0.29, 0.717) is 32.6 Å². The molecule has 3 aromatic carbocycles. The Morgan fingerprint density at radius 1 is 0.839 bits per heavy atom. The van der Waals surface area contributed by atoms with Gasteiger partial charge in [-0.15, -0.1) is 0 Å². The van der Waals surface area contributed by atoms with E-state index in [4.69, 9.17) is 27.9 Å². The summed E-state index contributed by atoms with van der Waals surface area (Å²) in [6, 6.07) is 19.3. The first kappa shape index (κ1) is 22.0. The fraction of sp³-hybridized carbons (Fsp3) is 0. The number of benzene rings is 3. The zero-order chi connectivity index (χ0) is 22.2. The van der Waals surface area contributed by atoms with Gasteiger partial charge in [-0.3, -0.25) is 9.59 Å². The molecule has 0 aliphatic heterocycles. The summed E-state index contributed by atoms with van der Waals surface area (Å²) in [4.78, 5) is 35.8. The lowest BCUT2D eigenvalue weighted by molar-refractivity contribution is -0.136. The third-order valence-electron chi connectivity index (χ3n) is 3.88. The molecule has 0 aliphatic carbocycles. The predicted molar refractivity (Wildman–Crippen MR) is 119 cm³/mol. The maximum absolute atomic E-state index is 12.1. The van der Waals surface area contributed by atoms with Crippen molar-refractivity contribution in [2.75, 3.05) is 5.32 Å². The lowest BCUT2D eigenvalue weighted by Gasteiger charge is -2.05. The van der Waals surface area contributed by atoms with Gasteiger partial charge in [0.25, 0.3) is 0 Å². The number of anilines is 1. The summed E-state index contributed by atoms with van der Waals surface area (Å²) in [7, 11) is 0. The van der Waals surface area contributed by atoms with Crippen molar-refractivity contribution < 1.29 is 19.1 Å². The van der Waals surface area contributed by atoms with Crippen molar-refractivity contribution in [3.05, 3.63) is 94.0 Å². The molecule has 31 heavy (non-hydrogen) atoms. The highest BCUT2D eigenvalue weighted by molar-refractivity contribution is 6.41. The van der Waals surface area contributed by atoms with Gasteiger partial charge >= 0.3 is 17.8 Å². The van der Waals surface area contributed by atoms with Gasteiger partial charge in [0.05, 0.1) is 22.5 Å². The summed E-state index contributed by atoms with van der Waals surface area (Å²) in [5, 5.41) is 6.95. The second-order valence-electron chi connectivity index (χ2n) is 6.10. The van der Waals surface area contributed by atoms with E-state index in [2.05, 4.69) is 15.8 Å². The van der Waals surface area contributed by atoms with Crippen LogP contribution in [0.5, 0.6) is 5.75 Å². The molecule has 9 heteroatoms. The van der Waals surface area contributed by atoms with Crippen molar-refractivity contribution in [2.45, 2.75) is 0 Å². The molecule has 0 saturated heterocycles. The monoisotopic (exact) mass is 455 g/mol. The molecule has 0 atom stereocenters. The largest absolute Gasteiger partial charge is 0.423 e. The highest BCUT2D eigenvalue weighted by Gasteiger charge is 2.14. The molecule has 2 amide bonds. The quantitative estimate of drug-likeness (QED) is 0.197. The molecule has 156 valence electrons. The number of halogens is 2. The predicted octanol–water partition coefficient (Wildman–Crippen LogP) is 4.30. The lowest BCUT2D eigenvalue weighted by Crippen LogP contribution is -2.32. The fourth-order valence-corrected chi connectivity index (χ4v) is 2.64. The number of esters is 1. The first-order valence-corrected chi connectivity index (χ1v) is 9.65. The Balaban J connectivity index is 1.51. The van der Waals surface area contributed by atoms with E-state index >= 15 is 0 Å². The van der Waals surface area contributed by atoms with E-state index < -0.39 is 17.8 Å². The van der Waals surface area contributed by atoms with Gasteiger partial charge in [0, 0.05) is 5.02 Å². The average Bonchev–Trinajstić information content (AvgIpc) is 2.77. The maximum atomic E-state index is 12.1. The minimum atomic E-state index is -0.954. The molecule has 3 aromatic rings. The highest BCUT2D eigenvalue weighted by atomic mass is 35.5. The number of carbonyl (C=O) groups excluding carboxylic acids is 3. The molecule has 2 N–H and O–H groups in total. The number of hydrazone groups is 1. The van der Waals surface area contributed by atoms with Gasteiger partial charge in [-0.1, -0.05) is 35.3 Å². The summed E-state index contributed by atoms with van der Waals surface area (Å²) < 4.78 is 5.28. The Morgan fingerprint density at radius 2 is 1.52 bits per heavy atom. The average molecular weight is 456 g/mol. The van der Waals surface area contributed by atoms with E-state index in [1.54, 1.807) is 72.8 Å². The van der Waals surface area contributed by atoms with Crippen LogP contribution in [-0.2, 0) is 9.59 Å². The second-order valence-corrected chi connectivity index (χ2v) is 6.94. The molecule has 0 unspecified atom stereocenters. The van der Waals surface area contributed by atoms with Crippen LogP contribution < -0.4 is 15.5 Å². The van der Waals surface area contributed by atoms with E-state index in [0.717, 1.165) is 0 Å². The number of amides is 2. The third-order valence-corrected chi connectivity index (χ3v) is 4.46. The van der Waals surface area contributed by atoms with Crippen LogP contribution in [0.3, 0.4) is 0 Å². The number of rotatable bonds is 5. The van der Waals surface area contributed by atoms with E-state index in [1.165, 1.54) is 6.21 Å². The fourth-order valence-electron chi connectivity index (χ4n) is 2.33. The molecule has 7 nitrogen and oxygen atoms in total. The lowest BCUT2D eigenvalue weighted by atomic mass is 10.2. The standard InChI is InChI=1S/C22H15Cl2N3O4/c23-16-9-7-15(8-10-16)22(30)31-17-11-5-14(6-12-17)13-25-27-21(29)20(28)26-19-4-2-1-3-18(19)24/h1-13H,(H,26,28)(H,27,29). The van der Waals surface area contributed by atoms with Crippen molar-refractivity contribution in [2.24, 2.45) is 5.10 Å².